The molecule has 0 saturated carbocycles. The number of likely N-dealkylation sites (tertiary alicyclic amines) is 1. The van der Waals surface area contributed by atoms with Gasteiger partial charge < -0.3 is 9.80 Å². The molecule has 1 fully saturated rings. The lowest BCUT2D eigenvalue weighted by atomic mass is 9.73. The van der Waals surface area contributed by atoms with Crippen molar-refractivity contribution in [1.29, 1.82) is 0 Å². The van der Waals surface area contributed by atoms with Gasteiger partial charge in [-0.2, -0.15) is 0 Å². The molecule has 1 aliphatic carbocycles. The molecule has 1 aliphatic heterocycles. The third-order valence-electron chi connectivity index (χ3n) is 5.84. The van der Waals surface area contributed by atoms with Gasteiger partial charge in [-0.25, -0.2) is 4.39 Å². The number of amides is 1. The minimum Gasteiger partial charge on any atom is -0.349 e. The minimum absolute atomic E-state index is 0.0698. The monoisotopic (exact) mass is 318 g/mol. The van der Waals surface area contributed by atoms with Crippen LogP contribution in [0.3, 0.4) is 0 Å². The lowest BCUT2D eigenvalue weighted by molar-refractivity contribution is -0.129. The summed E-state index contributed by atoms with van der Waals surface area (Å²) < 4.78 is 13.9. The zero-order chi connectivity index (χ0) is 16.6. The van der Waals surface area contributed by atoms with Crippen LogP contribution in [-0.4, -0.2) is 49.4 Å². The fourth-order valence-electron chi connectivity index (χ4n) is 4.38. The van der Waals surface area contributed by atoms with Gasteiger partial charge in [0.25, 0.3) is 0 Å². The number of benzene rings is 1. The molecule has 126 valence electrons. The third-order valence-corrected chi connectivity index (χ3v) is 5.84. The number of hydrogen-bond donors (Lipinski definition) is 0. The molecule has 1 saturated heterocycles. The molecule has 0 radical (unpaired) electrons. The second-order valence-corrected chi connectivity index (χ2v) is 7.34. The summed E-state index contributed by atoms with van der Waals surface area (Å²) in [6, 6.07) is 5.20. The van der Waals surface area contributed by atoms with Crippen molar-refractivity contribution in [2.24, 2.45) is 0 Å². The van der Waals surface area contributed by atoms with E-state index < -0.39 is 0 Å². The maximum atomic E-state index is 13.9. The summed E-state index contributed by atoms with van der Waals surface area (Å²) in [6.07, 6.45) is 3.67. The van der Waals surface area contributed by atoms with Crippen molar-refractivity contribution in [3.05, 3.63) is 35.1 Å². The number of nitrogens with zero attached hydrogens (tertiary/aromatic N) is 2. The number of halogens is 1. The van der Waals surface area contributed by atoms with Crippen LogP contribution in [0.5, 0.6) is 0 Å². The van der Waals surface area contributed by atoms with E-state index in [1.165, 1.54) is 11.1 Å². The van der Waals surface area contributed by atoms with Gasteiger partial charge in [-0.15, -0.1) is 0 Å². The molecule has 0 N–H and O–H groups in total. The van der Waals surface area contributed by atoms with E-state index >= 15 is 0 Å². The molecule has 0 aromatic heterocycles. The quantitative estimate of drug-likeness (QED) is 0.855. The zero-order valence-corrected chi connectivity index (χ0v) is 14.4. The second kappa shape index (κ2) is 6.23. The van der Waals surface area contributed by atoms with Crippen molar-refractivity contribution < 1.29 is 9.18 Å². The normalized spacial score (nSPS) is 23.0. The molecule has 1 aromatic rings. The average Bonchev–Trinajstić information content (AvgIpc) is 2.81. The van der Waals surface area contributed by atoms with E-state index in [-0.39, 0.29) is 23.1 Å². The molecule has 0 bridgehead atoms. The molecule has 3 rings (SSSR count). The van der Waals surface area contributed by atoms with Crippen molar-refractivity contribution in [3.8, 4) is 0 Å². The van der Waals surface area contributed by atoms with Gasteiger partial charge in [-0.05, 0) is 73.5 Å². The summed E-state index contributed by atoms with van der Waals surface area (Å²) in [4.78, 5) is 16.3. The maximum absolute atomic E-state index is 13.9. The average molecular weight is 318 g/mol. The van der Waals surface area contributed by atoms with E-state index in [0.29, 0.717) is 6.42 Å². The number of fused-ring (bicyclic) bond motifs is 2. The molecule has 4 heteroatoms. The van der Waals surface area contributed by atoms with Crippen molar-refractivity contribution in [1.82, 2.24) is 9.80 Å². The predicted octanol–water partition coefficient (Wildman–Crippen LogP) is 3.14. The van der Waals surface area contributed by atoms with E-state index in [2.05, 4.69) is 11.8 Å². The van der Waals surface area contributed by atoms with Crippen molar-refractivity contribution in [2.75, 3.05) is 33.7 Å². The van der Waals surface area contributed by atoms with Crippen molar-refractivity contribution in [3.63, 3.8) is 0 Å². The molecule has 2 aliphatic rings. The summed E-state index contributed by atoms with van der Waals surface area (Å²) in [6.45, 7) is 5.41. The molecule has 3 nitrogen and oxygen atoms in total. The van der Waals surface area contributed by atoms with E-state index in [1.807, 2.05) is 6.07 Å². The molecule has 1 heterocycles. The van der Waals surface area contributed by atoms with Crippen LogP contribution in [-0.2, 0) is 10.2 Å². The Balaban J connectivity index is 1.89. The second-order valence-electron chi connectivity index (χ2n) is 7.34. The zero-order valence-electron chi connectivity index (χ0n) is 14.4. The van der Waals surface area contributed by atoms with E-state index in [0.717, 1.165) is 38.9 Å². The summed E-state index contributed by atoms with van der Waals surface area (Å²) in [5.41, 5.74) is 2.44. The number of hydrogen-bond acceptors (Lipinski definition) is 2. The van der Waals surface area contributed by atoms with Gasteiger partial charge in [0.05, 0.1) is 0 Å². The highest BCUT2D eigenvalue weighted by molar-refractivity contribution is 5.77. The van der Waals surface area contributed by atoms with Gasteiger partial charge in [0.15, 0.2) is 0 Å². The van der Waals surface area contributed by atoms with Crippen LogP contribution >= 0.6 is 0 Å². The predicted molar refractivity (Wildman–Crippen MR) is 90.1 cm³/mol. The van der Waals surface area contributed by atoms with E-state index in [9.17, 15) is 9.18 Å². The summed E-state index contributed by atoms with van der Waals surface area (Å²) in [5, 5.41) is 0. The molecular formula is C19H27FN2O. The first kappa shape index (κ1) is 16.4. The Hall–Kier alpha value is -1.42. The van der Waals surface area contributed by atoms with Crippen LogP contribution in [0.15, 0.2) is 18.2 Å². The lowest BCUT2D eigenvalue weighted by Crippen LogP contribution is -2.41. The fraction of sp³-hybridized carbons (Fsp3) is 0.632. The highest BCUT2D eigenvalue weighted by Crippen LogP contribution is 2.52. The standard InChI is InChI=1S/C19H27FN2O/c1-4-22-9-7-19(8-10-22)13-14(11-18(23)21(2)3)16-6-5-15(20)12-17(16)19/h5-6,12,14H,4,7-11,13H2,1-3H3/t14-/m1/s1. The molecular weight excluding hydrogens is 291 g/mol. The Kier molecular flexibility index (Phi) is 4.45. The van der Waals surface area contributed by atoms with Crippen LogP contribution in [0.1, 0.15) is 49.7 Å². The Morgan fingerprint density at radius 3 is 2.65 bits per heavy atom. The largest absolute Gasteiger partial charge is 0.349 e. The molecule has 23 heavy (non-hydrogen) atoms. The topological polar surface area (TPSA) is 23.6 Å². The number of piperidine rings is 1. The van der Waals surface area contributed by atoms with Gasteiger partial charge in [-0.3, -0.25) is 4.79 Å². The highest BCUT2D eigenvalue weighted by Gasteiger charge is 2.45. The highest BCUT2D eigenvalue weighted by atomic mass is 19.1. The van der Waals surface area contributed by atoms with Crippen LogP contribution in [0.4, 0.5) is 4.39 Å². The lowest BCUT2D eigenvalue weighted by Gasteiger charge is -2.40. The molecule has 1 atom stereocenters. The Bertz CT molecular complexity index is 591. The molecule has 0 unspecified atom stereocenters. The van der Waals surface area contributed by atoms with Crippen LogP contribution < -0.4 is 0 Å². The molecule has 1 aromatic carbocycles. The van der Waals surface area contributed by atoms with Crippen LogP contribution in [0, 0.1) is 5.82 Å². The molecule has 1 amide bonds. The van der Waals surface area contributed by atoms with E-state index in [1.54, 1.807) is 31.1 Å². The smallest absolute Gasteiger partial charge is 0.222 e. The number of carbonyl (C=O) groups is 1. The Morgan fingerprint density at radius 2 is 2.04 bits per heavy atom. The van der Waals surface area contributed by atoms with Crippen molar-refractivity contribution in [2.45, 2.75) is 43.9 Å². The van der Waals surface area contributed by atoms with E-state index in [4.69, 9.17) is 0 Å². The Morgan fingerprint density at radius 1 is 1.35 bits per heavy atom. The molecule has 1 spiro atoms. The first-order valence-corrected chi connectivity index (χ1v) is 8.67. The van der Waals surface area contributed by atoms with Gasteiger partial charge in [-0.1, -0.05) is 13.0 Å². The summed E-state index contributed by atoms with van der Waals surface area (Å²) in [5.74, 6) is 0.239. The number of carbonyl (C=O) groups excluding carboxylic acids is 1. The number of rotatable bonds is 3. The third kappa shape index (κ3) is 3.01. The summed E-state index contributed by atoms with van der Waals surface area (Å²) >= 11 is 0. The fourth-order valence-corrected chi connectivity index (χ4v) is 4.38. The van der Waals surface area contributed by atoms with Crippen LogP contribution in [0.25, 0.3) is 0 Å². The summed E-state index contributed by atoms with van der Waals surface area (Å²) in [7, 11) is 3.61. The van der Waals surface area contributed by atoms with Gasteiger partial charge in [0.2, 0.25) is 5.91 Å². The van der Waals surface area contributed by atoms with Gasteiger partial charge in [0.1, 0.15) is 5.82 Å². The maximum Gasteiger partial charge on any atom is 0.222 e. The van der Waals surface area contributed by atoms with Gasteiger partial charge in [0, 0.05) is 20.5 Å². The first-order chi connectivity index (χ1) is 10.9. The first-order valence-electron chi connectivity index (χ1n) is 8.67. The van der Waals surface area contributed by atoms with Crippen LogP contribution in [0.2, 0.25) is 0 Å². The van der Waals surface area contributed by atoms with Gasteiger partial charge >= 0.3 is 0 Å². The van der Waals surface area contributed by atoms with Crippen molar-refractivity contribution >= 4 is 5.91 Å². The SMILES string of the molecule is CCN1CCC2(CC1)C[C@@H](CC(=O)N(C)C)c1ccc(F)cc12. The Labute approximate surface area is 138 Å². The minimum atomic E-state index is -0.152.